The van der Waals surface area contributed by atoms with Crippen molar-refractivity contribution in [2.24, 2.45) is 10.7 Å². The van der Waals surface area contributed by atoms with Crippen LogP contribution in [-0.4, -0.2) is 11.5 Å². The van der Waals surface area contributed by atoms with Crippen LogP contribution in [0.2, 0.25) is 0 Å². The molecule has 19 heavy (non-hydrogen) atoms. The molecule has 5 heteroatoms. The molecule has 1 aromatic rings. The number of halogens is 1. The van der Waals surface area contributed by atoms with Crippen LogP contribution in [-0.2, 0) is 4.79 Å². The van der Waals surface area contributed by atoms with E-state index >= 15 is 0 Å². The minimum Gasteiger partial charge on any atom is -0.399 e. The molecule has 98 valence electrons. The quantitative estimate of drug-likeness (QED) is 0.610. The average molecular weight is 276 g/mol. The van der Waals surface area contributed by atoms with E-state index in [1.54, 1.807) is 25.1 Å². The van der Waals surface area contributed by atoms with E-state index in [-0.39, 0.29) is 16.5 Å². The van der Waals surface area contributed by atoms with Gasteiger partial charge in [-0.05, 0) is 43.7 Å². The van der Waals surface area contributed by atoms with Gasteiger partial charge in [-0.15, -0.1) is 0 Å². The van der Waals surface area contributed by atoms with Gasteiger partial charge in [0.05, 0.1) is 17.1 Å². The van der Waals surface area contributed by atoms with E-state index in [9.17, 15) is 4.79 Å². The van der Waals surface area contributed by atoms with Gasteiger partial charge in [0.2, 0.25) is 5.78 Å². The Kier molecular flexibility index (Phi) is 3.44. The maximum Gasteiger partial charge on any atom is 0.202 e. The lowest BCUT2D eigenvalue weighted by Gasteiger charge is -2.12. The SMILES string of the molecule is CC1=CC(=Nc2ccc(N)c(C)c2)C(N)=C(Cl)C1=O. The molecular weight excluding hydrogens is 262 g/mol. The number of hydrogen-bond donors (Lipinski definition) is 2. The monoisotopic (exact) mass is 275 g/mol. The molecule has 0 spiro atoms. The third-order valence-corrected chi connectivity index (χ3v) is 3.30. The van der Waals surface area contributed by atoms with Crippen LogP contribution in [0.15, 0.2) is 45.6 Å². The zero-order valence-electron chi connectivity index (χ0n) is 10.7. The Morgan fingerprint density at radius 2 is 1.89 bits per heavy atom. The van der Waals surface area contributed by atoms with Gasteiger partial charge in [-0.3, -0.25) is 4.79 Å². The van der Waals surface area contributed by atoms with Gasteiger partial charge in [0.1, 0.15) is 5.03 Å². The fraction of sp³-hybridized carbons (Fsp3) is 0.143. The summed E-state index contributed by atoms with van der Waals surface area (Å²) in [6.07, 6.45) is 1.63. The number of nitrogen functional groups attached to an aromatic ring is 1. The van der Waals surface area contributed by atoms with Crippen LogP contribution in [0, 0.1) is 6.92 Å². The number of aliphatic imine (C=N–C) groups is 1. The molecular formula is C14H14ClN3O. The number of carbonyl (C=O) groups is 1. The molecule has 0 aromatic heterocycles. The van der Waals surface area contributed by atoms with Gasteiger partial charge in [-0.1, -0.05) is 11.6 Å². The minimum atomic E-state index is -0.258. The molecule has 0 heterocycles. The molecule has 0 amide bonds. The third-order valence-electron chi connectivity index (χ3n) is 2.93. The molecule has 0 saturated heterocycles. The fourth-order valence-corrected chi connectivity index (χ4v) is 1.96. The molecule has 0 fully saturated rings. The van der Waals surface area contributed by atoms with Gasteiger partial charge in [0.15, 0.2) is 0 Å². The molecule has 1 aliphatic carbocycles. The first kappa shape index (κ1) is 13.4. The summed E-state index contributed by atoms with van der Waals surface area (Å²) in [5.74, 6) is -0.258. The lowest BCUT2D eigenvalue weighted by atomic mass is 10.0. The zero-order valence-corrected chi connectivity index (χ0v) is 11.5. The Hall–Kier alpha value is -2.07. The summed E-state index contributed by atoms with van der Waals surface area (Å²) in [6, 6.07) is 5.42. The highest BCUT2D eigenvalue weighted by atomic mass is 35.5. The molecule has 4 nitrogen and oxygen atoms in total. The number of allylic oxidation sites excluding steroid dienone is 3. The number of aryl methyl sites for hydroxylation is 1. The highest BCUT2D eigenvalue weighted by Gasteiger charge is 2.21. The first-order valence-electron chi connectivity index (χ1n) is 5.73. The molecule has 0 radical (unpaired) electrons. The minimum absolute atomic E-state index is 0.0194. The Labute approximate surface area is 116 Å². The van der Waals surface area contributed by atoms with Gasteiger partial charge in [-0.2, -0.15) is 0 Å². The summed E-state index contributed by atoms with van der Waals surface area (Å²) in [7, 11) is 0. The van der Waals surface area contributed by atoms with Gasteiger partial charge in [0.25, 0.3) is 0 Å². The van der Waals surface area contributed by atoms with Crippen LogP contribution in [0.3, 0.4) is 0 Å². The molecule has 1 aromatic carbocycles. The molecule has 0 unspecified atom stereocenters. The first-order chi connectivity index (χ1) is 8.90. The molecule has 0 bridgehead atoms. The van der Waals surface area contributed by atoms with Crippen molar-refractivity contribution in [3.63, 3.8) is 0 Å². The lowest BCUT2D eigenvalue weighted by Crippen LogP contribution is -2.20. The molecule has 2 rings (SSSR count). The van der Waals surface area contributed by atoms with Crippen LogP contribution in [0.5, 0.6) is 0 Å². The summed E-state index contributed by atoms with van der Waals surface area (Å²) in [5, 5.41) is 0.0194. The number of carbonyl (C=O) groups excluding carboxylic acids is 1. The maximum absolute atomic E-state index is 11.6. The van der Waals surface area contributed by atoms with Crippen molar-refractivity contribution in [2.75, 3.05) is 5.73 Å². The predicted octanol–water partition coefficient (Wildman–Crippen LogP) is 2.59. The van der Waals surface area contributed by atoms with Gasteiger partial charge in [0, 0.05) is 11.3 Å². The van der Waals surface area contributed by atoms with Gasteiger partial charge in [-0.25, -0.2) is 4.99 Å². The maximum atomic E-state index is 11.6. The molecule has 1 aliphatic rings. The Balaban J connectivity index is 2.48. The van der Waals surface area contributed by atoms with Gasteiger partial charge >= 0.3 is 0 Å². The highest BCUT2D eigenvalue weighted by molar-refractivity contribution is 6.49. The zero-order chi connectivity index (χ0) is 14.2. The van der Waals surface area contributed by atoms with E-state index < -0.39 is 0 Å². The normalized spacial score (nSPS) is 17.9. The van der Waals surface area contributed by atoms with Crippen molar-refractivity contribution < 1.29 is 4.79 Å². The fourth-order valence-electron chi connectivity index (χ4n) is 1.72. The molecule has 0 atom stereocenters. The number of anilines is 1. The molecule has 4 N–H and O–H groups in total. The number of rotatable bonds is 1. The predicted molar refractivity (Wildman–Crippen MR) is 78.5 cm³/mol. The van der Waals surface area contributed by atoms with E-state index in [0.717, 1.165) is 5.56 Å². The van der Waals surface area contributed by atoms with Crippen LogP contribution in [0.4, 0.5) is 11.4 Å². The number of ketones is 1. The first-order valence-corrected chi connectivity index (χ1v) is 6.11. The summed E-state index contributed by atoms with van der Waals surface area (Å²) in [4.78, 5) is 16.0. The van der Waals surface area contributed by atoms with Crippen LogP contribution in [0.1, 0.15) is 12.5 Å². The van der Waals surface area contributed by atoms with Crippen molar-refractivity contribution in [1.82, 2.24) is 0 Å². The summed E-state index contributed by atoms with van der Waals surface area (Å²) in [6.45, 7) is 3.58. The van der Waals surface area contributed by atoms with E-state index in [4.69, 9.17) is 23.1 Å². The van der Waals surface area contributed by atoms with E-state index in [1.165, 1.54) is 0 Å². The third kappa shape index (κ3) is 2.53. The van der Waals surface area contributed by atoms with Crippen LogP contribution < -0.4 is 11.5 Å². The number of hydrogen-bond acceptors (Lipinski definition) is 4. The van der Waals surface area contributed by atoms with Crippen LogP contribution >= 0.6 is 11.6 Å². The Morgan fingerprint density at radius 3 is 2.53 bits per heavy atom. The average Bonchev–Trinajstić information content (AvgIpc) is 2.38. The van der Waals surface area contributed by atoms with Crippen molar-refractivity contribution in [3.8, 4) is 0 Å². The summed E-state index contributed by atoms with van der Waals surface area (Å²) >= 11 is 5.89. The molecule has 0 aliphatic heterocycles. The summed E-state index contributed by atoms with van der Waals surface area (Å²) < 4.78 is 0. The van der Waals surface area contributed by atoms with Crippen LogP contribution in [0.25, 0.3) is 0 Å². The van der Waals surface area contributed by atoms with Gasteiger partial charge < -0.3 is 11.5 Å². The van der Waals surface area contributed by atoms with E-state index in [1.807, 2.05) is 13.0 Å². The largest absolute Gasteiger partial charge is 0.399 e. The van der Waals surface area contributed by atoms with E-state index in [0.29, 0.717) is 22.7 Å². The smallest absolute Gasteiger partial charge is 0.202 e. The van der Waals surface area contributed by atoms with E-state index in [2.05, 4.69) is 4.99 Å². The number of Topliss-reactive ketones (excluding diaryl/α,β-unsaturated/α-hetero) is 1. The standard InChI is InChI=1S/C14H14ClN3O/c1-7-5-9(3-4-10(7)16)18-11-6-8(2)14(19)12(15)13(11)17/h3-6H,16-17H2,1-2H3. The van der Waals surface area contributed by atoms with Crippen molar-refractivity contribution in [2.45, 2.75) is 13.8 Å². The van der Waals surface area contributed by atoms with Crippen molar-refractivity contribution in [3.05, 3.63) is 46.1 Å². The number of nitrogens with two attached hydrogens (primary N) is 2. The summed E-state index contributed by atoms with van der Waals surface area (Å²) in [5.41, 5.74) is 15.1. The second-order valence-electron chi connectivity index (χ2n) is 4.42. The molecule has 0 saturated carbocycles. The Morgan fingerprint density at radius 1 is 1.21 bits per heavy atom. The van der Waals surface area contributed by atoms with Crippen molar-refractivity contribution in [1.29, 1.82) is 0 Å². The second kappa shape index (κ2) is 4.90. The Bertz CT molecular complexity index is 657. The highest BCUT2D eigenvalue weighted by Crippen LogP contribution is 2.24. The van der Waals surface area contributed by atoms with Crippen molar-refractivity contribution >= 4 is 34.5 Å². The topological polar surface area (TPSA) is 81.5 Å². The number of benzene rings is 1. The lowest BCUT2D eigenvalue weighted by molar-refractivity contribution is -0.111. The number of nitrogens with zero attached hydrogens (tertiary/aromatic N) is 1. The second-order valence-corrected chi connectivity index (χ2v) is 4.80.